The number of fused-ring (bicyclic) bond motifs is 5. The summed E-state index contributed by atoms with van der Waals surface area (Å²) in [7, 11) is 1.52. The molecule has 0 spiro atoms. The van der Waals surface area contributed by atoms with E-state index in [4.69, 9.17) is 9.57 Å². The first kappa shape index (κ1) is 27.4. The lowest BCUT2D eigenvalue weighted by atomic mass is 9.73. The number of aromatic nitrogens is 2. The van der Waals surface area contributed by atoms with E-state index in [0.29, 0.717) is 23.6 Å². The first-order chi connectivity index (χ1) is 19.5. The molecule has 4 bridgehead atoms. The number of methoxy groups -OCH3 is 1. The zero-order chi connectivity index (χ0) is 27.6. The van der Waals surface area contributed by atoms with E-state index in [0.717, 1.165) is 30.2 Å². The van der Waals surface area contributed by atoms with Crippen LogP contribution < -0.4 is 5.56 Å². The number of oxime groups is 1. The second-order valence-electron chi connectivity index (χ2n) is 12.4. The number of para-hydroxylation sites is 2. The average Bonchev–Trinajstić information content (AvgIpc) is 3.11. The van der Waals surface area contributed by atoms with Crippen LogP contribution >= 0.6 is 0 Å². The molecule has 2 aliphatic carbocycles. The highest BCUT2D eigenvalue weighted by atomic mass is 16.6. The maximum absolute atomic E-state index is 14.1. The molecular formula is C31H42N4O5. The molecule has 6 rings (SSSR count). The summed E-state index contributed by atoms with van der Waals surface area (Å²) in [6.45, 7) is 0.343. The fraction of sp³-hybridized carbons (Fsp3) is 0.677. The first-order valence-electron chi connectivity index (χ1n) is 15.2. The molecular weight excluding hydrogens is 508 g/mol. The lowest BCUT2D eigenvalue weighted by Gasteiger charge is -2.54. The van der Waals surface area contributed by atoms with Crippen molar-refractivity contribution in [1.82, 2.24) is 14.5 Å². The Labute approximate surface area is 235 Å². The molecule has 40 heavy (non-hydrogen) atoms. The molecule has 2 saturated carbocycles. The van der Waals surface area contributed by atoms with Gasteiger partial charge in [-0.15, -0.1) is 0 Å². The fourth-order valence-corrected chi connectivity index (χ4v) is 8.39. The highest BCUT2D eigenvalue weighted by molar-refractivity contribution is 6.41. The Balaban J connectivity index is 1.33. The molecule has 2 saturated heterocycles. The van der Waals surface area contributed by atoms with Crippen LogP contribution in [-0.2, 0) is 14.4 Å². The molecule has 9 heteroatoms. The number of benzene rings is 1. The molecule has 1 aromatic carbocycles. The molecule has 2 aliphatic heterocycles. The van der Waals surface area contributed by atoms with Gasteiger partial charge in [-0.3, -0.25) is 9.69 Å². The van der Waals surface area contributed by atoms with Gasteiger partial charge in [0.2, 0.25) is 5.71 Å². The molecule has 0 radical (unpaired) electrons. The van der Waals surface area contributed by atoms with E-state index in [1.54, 1.807) is 0 Å². The number of hydrogen-bond acceptors (Lipinski definition) is 7. The van der Waals surface area contributed by atoms with Gasteiger partial charge in [-0.1, -0.05) is 49.4 Å². The number of ether oxygens (including phenoxy) is 1. The summed E-state index contributed by atoms with van der Waals surface area (Å²) in [6.07, 6.45) is 15.0. The van der Waals surface area contributed by atoms with E-state index in [9.17, 15) is 14.7 Å². The summed E-state index contributed by atoms with van der Waals surface area (Å²) < 4.78 is 6.79. The van der Waals surface area contributed by atoms with Crippen LogP contribution in [0.25, 0.3) is 11.0 Å². The summed E-state index contributed by atoms with van der Waals surface area (Å²) in [4.78, 5) is 38.8. The van der Waals surface area contributed by atoms with Crippen molar-refractivity contribution in [3.8, 4) is 0 Å². The third-order valence-electron chi connectivity index (χ3n) is 9.90. The minimum Gasteiger partial charge on any atom is -0.476 e. The number of nitrogens with zero attached hydrogens (tertiary/aromatic N) is 4. The van der Waals surface area contributed by atoms with Crippen molar-refractivity contribution in [2.24, 2.45) is 17.0 Å². The molecule has 2 aromatic rings. The SMILES string of the molecule is COCCON=C(C(=O)O)c1nc2ccccc2n(C2CC3CCCC(C2)N3C2CC3CCCCC(C3)C2)c1=O. The lowest BCUT2D eigenvalue weighted by Crippen LogP contribution is -2.58. The van der Waals surface area contributed by atoms with Crippen LogP contribution in [-0.4, -0.2) is 69.7 Å². The number of carbonyl (C=O) groups is 1. The van der Waals surface area contributed by atoms with Crippen LogP contribution in [0.5, 0.6) is 0 Å². The molecule has 1 N–H and O–H groups in total. The van der Waals surface area contributed by atoms with E-state index >= 15 is 0 Å². The molecule has 4 unspecified atom stereocenters. The quantitative estimate of drug-likeness (QED) is 0.287. The Morgan fingerprint density at radius 1 is 0.925 bits per heavy atom. The summed E-state index contributed by atoms with van der Waals surface area (Å²) in [5.41, 5.74) is 0.291. The van der Waals surface area contributed by atoms with Crippen LogP contribution in [0.15, 0.2) is 34.2 Å². The Bertz CT molecular complexity index is 1280. The van der Waals surface area contributed by atoms with Gasteiger partial charge in [0, 0.05) is 31.3 Å². The number of piperidine rings is 2. The van der Waals surface area contributed by atoms with Crippen molar-refractivity contribution in [2.75, 3.05) is 20.3 Å². The van der Waals surface area contributed by atoms with Crippen LogP contribution in [0.1, 0.15) is 88.8 Å². The van der Waals surface area contributed by atoms with Gasteiger partial charge in [-0.05, 0) is 68.9 Å². The first-order valence-corrected chi connectivity index (χ1v) is 15.2. The van der Waals surface area contributed by atoms with Crippen LogP contribution in [0.2, 0.25) is 0 Å². The predicted molar refractivity (Wildman–Crippen MR) is 153 cm³/mol. The number of rotatable bonds is 8. The van der Waals surface area contributed by atoms with E-state index in [1.807, 2.05) is 28.8 Å². The van der Waals surface area contributed by atoms with Crippen molar-refractivity contribution in [3.05, 3.63) is 40.3 Å². The normalized spacial score (nSPS) is 31.1. The van der Waals surface area contributed by atoms with Gasteiger partial charge in [0.1, 0.15) is 6.61 Å². The van der Waals surface area contributed by atoms with Gasteiger partial charge in [0.05, 0.1) is 17.6 Å². The second-order valence-corrected chi connectivity index (χ2v) is 12.4. The molecule has 4 aliphatic rings. The lowest BCUT2D eigenvalue weighted by molar-refractivity contribution is -0.129. The monoisotopic (exact) mass is 550 g/mol. The molecule has 9 nitrogen and oxygen atoms in total. The summed E-state index contributed by atoms with van der Waals surface area (Å²) in [5, 5.41) is 13.7. The zero-order valence-electron chi connectivity index (χ0n) is 23.5. The Hall–Kier alpha value is -2.78. The fourth-order valence-electron chi connectivity index (χ4n) is 8.39. The average molecular weight is 551 g/mol. The zero-order valence-corrected chi connectivity index (χ0v) is 23.5. The van der Waals surface area contributed by atoms with E-state index < -0.39 is 17.2 Å². The number of hydrogen-bond donors (Lipinski definition) is 1. The highest BCUT2D eigenvalue weighted by Gasteiger charge is 2.45. The molecule has 0 amide bonds. The van der Waals surface area contributed by atoms with Crippen molar-refractivity contribution < 1.29 is 19.5 Å². The minimum atomic E-state index is -1.34. The Morgan fingerprint density at radius 3 is 2.30 bits per heavy atom. The largest absolute Gasteiger partial charge is 0.476 e. The van der Waals surface area contributed by atoms with Gasteiger partial charge in [-0.25, -0.2) is 9.78 Å². The molecule has 3 heterocycles. The molecule has 4 fully saturated rings. The van der Waals surface area contributed by atoms with Crippen molar-refractivity contribution in [1.29, 1.82) is 0 Å². The van der Waals surface area contributed by atoms with Crippen molar-refractivity contribution in [3.63, 3.8) is 0 Å². The predicted octanol–water partition coefficient (Wildman–Crippen LogP) is 4.77. The van der Waals surface area contributed by atoms with Crippen LogP contribution in [0.3, 0.4) is 0 Å². The third-order valence-corrected chi connectivity index (χ3v) is 9.90. The molecule has 4 atom stereocenters. The number of aliphatic carboxylic acids is 1. The van der Waals surface area contributed by atoms with Crippen LogP contribution in [0, 0.1) is 11.8 Å². The van der Waals surface area contributed by atoms with E-state index in [-0.39, 0.29) is 24.9 Å². The standard InChI is InChI=1S/C31H42N4O5/c1-39-13-14-40-33-29(31(37)38)28-30(36)35(27-12-5-4-11-26(27)32-28)25-18-22-9-6-10-23(19-25)34(22)24-16-20-7-2-3-8-21(15-20)17-24/h4-5,11-12,20-25H,2-3,6-10,13-19H2,1H3,(H,37,38). The Morgan fingerprint density at radius 2 is 1.62 bits per heavy atom. The van der Waals surface area contributed by atoms with E-state index in [2.05, 4.69) is 15.0 Å². The van der Waals surface area contributed by atoms with Crippen molar-refractivity contribution in [2.45, 2.75) is 101 Å². The maximum atomic E-state index is 14.1. The Kier molecular flexibility index (Phi) is 8.21. The molecule has 1 aromatic heterocycles. The smallest absolute Gasteiger partial charge is 0.360 e. The van der Waals surface area contributed by atoms with Crippen LogP contribution in [0.4, 0.5) is 0 Å². The minimum absolute atomic E-state index is 0.0129. The third kappa shape index (κ3) is 5.42. The topological polar surface area (TPSA) is 106 Å². The number of carboxylic acids is 1. The van der Waals surface area contributed by atoms with Gasteiger partial charge in [0.25, 0.3) is 5.56 Å². The van der Waals surface area contributed by atoms with Crippen molar-refractivity contribution >= 4 is 22.7 Å². The summed E-state index contributed by atoms with van der Waals surface area (Å²) in [6, 6.07) is 9.09. The second kappa shape index (κ2) is 12.0. The number of carboxylic acid groups (broad SMARTS) is 1. The van der Waals surface area contributed by atoms with E-state index in [1.165, 1.54) is 71.3 Å². The van der Waals surface area contributed by atoms with Gasteiger partial charge >= 0.3 is 5.97 Å². The van der Waals surface area contributed by atoms with Gasteiger partial charge in [-0.2, -0.15) is 0 Å². The highest BCUT2D eigenvalue weighted by Crippen LogP contribution is 2.47. The summed E-state index contributed by atoms with van der Waals surface area (Å²) in [5.74, 6) is 0.409. The van der Waals surface area contributed by atoms with Gasteiger partial charge in [0.15, 0.2) is 5.69 Å². The maximum Gasteiger partial charge on any atom is 0.360 e. The van der Waals surface area contributed by atoms with Gasteiger partial charge < -0.3 is 19.2 Å². The molecule has 216 valence electrons. The summed E-state index contributed by atoms with van der Waals surface area (Å²) >= 11 is 0.